The van der Waals surface area contributed by atoms with Gasteiger partial charge < -0.3 is 14.4 Å². The highest BCUT2D eigenvalue weighted by Gasteiger charge is 2.32. The monoisotopic (exact) mass is 385 g/mol. The quantitative estimate of drug-likeness (QED) is 0.743. The number of hydrogen-bond acceptors (Lipinski definition) is 6. The van der Waals surface area contributed by atoms with Gasteiger partial charge in [-0.05, 0) is 30.5 Å². The first-order valence-corrected chi connectivity index (χ1v) is 8.86. The fourth-order valence-electron chi connectivity index (χ4n) is 3.27. The molecule has 0 saturated carbocycles. The highest BCUT2D eigenvalue weighted by atomic mass is 35.5. The van der Waals surface area contributed by atoms with Crippen LogP contribution < -0.4 is 5.56 Å². The summed E-state index contributed by atoms with van der Waals surface area (Å²) in [5.41, 5.74) is 1.08. The number of halogens is 1. The molecule has 0 aromatic carbocycles. The lowest BCUT2D eigenvalue weighted by atomic mass is 10.1. The molecule has 0 bridgehead atoms. The van der Waals surface area contributed by atoms with Gasteiger partial charge in [-0.3, -0.25) is 14.6 Å². The first kappa shape index (κ1) is 17.4. The van der Waals surface area contributed by atoms with Gasteiger partial charge in [-0.15, -0.1) is 0 Å². The minimum absolute atomic E-state index is 0.0428. The molecule has 3 aromatic rings. The zero-order chi connectivity index (χ0) is 19.0. The maximum Gasteiger partial charge on any atom is 0.260 e. The highest BCUT2D eigenvalue weighted by molar-refractivity contribution is 6.30. The second-order valence-corrected chi connectivity index (χ2v) is 6.77. The number of hydrogen-bond donors (Lipinski definition) is 1. The molecule has 1 aliphatic rings. The van der Waals surface area contributed by atoms with Crippen LogP contribution in [0, 0.1) is 6.92 Å². The summed E-state index contributed by atoms with van der Waals surface area (Å²) >= 11 is 5.93. The predicted molar refractivity (Wildman–Crippen MR) is 97.4 cm³/mol. The van der Waals surface area contributed by atoms with Gasteiger partial charge in [0.2, 0.25) is 11.7 Å². The molecule has 1 saturated heterocycles. The van der Waals surface area contributed by atoms with Crippen molar-refractivity contribution in [2.24, 2.45) is 0 Å². The molecule has 1 fully saturated rings. The Morgan fingerprint density at radius 1 is 1.41 bits per heavy atom. The number of rotatable bonds is 3. The zero-order valence-corrected chi connectivity index (χ0v) is 15.2. The topological polar surface area (TPSA) is 105 Å². The summed E-state index contributed by atoms with van der Waals surface area (Å²) in [7, 11) is 0. The Morgan fingerprint density at radius 3 is 2.96 bits per heavy atom. The third-order valence-corrected chi connectivity index (χ3v) is 4.76. The van der Waals surface area contributed by atoms with E-state index in [9.17, 15) is 9.59 Å². The lowest BCUT2D eigenvalue weighted by Crippen LogP contribution is -2.34. The molecule has 4 heterocycles. The molecule has 138 valence electrons. The van der Waals surface area contributed by atoms with Gasteiger partial charge in [0.15, 0.2) is 0 Å². The number of aromatic nitrogens is 4. The Labute approximate surface area is 159 Å². The fourth-order valence-corrected chi connectivity index (χ4v) is 3.43. The number of pyridine rings is 2. The average Bonchev–Trinajstić information content (AvgIpc) is 3.32. The first-order chi connectivity index (χ1) is 13.0. The summed E-state index contributed by atoms with van der Waals surface area (Å²) in [5.74, 6) is 0.554. The second-order valence-electron chi connectivity index (χ2n) is 6.33. The molecule has 8 nitrogen and oxygen atoms in total. The molecule has 3 aromatic heterocycles. The van der Waals surface area contributed by atoms with Crippen molar-refractivity contribution in [1.82, 2.24) is 25.0 Å². The Balaban J connectivity index is 1.60. The molecular formula is C18H16ClN5O3. The van der Waals surface area contributed by atoms with Gasteiger partial charge >= 0.3 is 0 Å². The van der Waals surface area contributed by atoms with Gasteiger partial charge in [0.25, 0.3) is 11.5 Å². The molecule has 27 heavy (non-hydrogen) atoms. The molecule has 9 heteroatoms. The SMILES string of the molecule is Cc1nc(-c2ccc([C@H]3CCCN3C(=O)c3cc(Cl)c[nH]c3=O)cn2)no1. The first-order valence-electron chi connectivity index (χ1n) is 8.49. The Morgan fingerprint density at radius 2 is 2.26 bits per heavy atom. The van der Waals surface area contributed by atoms with Crippen molar-refractivity contribution in [1.29, 1.82) is 0 Å². The van der Waals surface area contributed by atoms with E-state index in [4.69, 9.17) is 16.1 Å². The van der Waals surface area contributed by atoms with E-state index in [1.165, 1.54) is 12.3 Å². The predicted octanol–water partition coefficient (Wildman–Crippen LogP) is 2.76. The summed E-state index contributed by atoms with van der Waals surface area (Å²) in [6, 6.07) is 4.95. The third kappa shape index (κ3) is 3.35. The van der Waals surface area contributed by atoms with Crippen molar-refractivity contribution >= 4 is 17.5 Å². The standard InChI is InChI=1S/C18H16ClN5O3/c1-10-22-16(23-27-10)14-5-4-11(8-20-14)15-3-2-6-24(15)18(26)13-7-12(19)9-21-17(13)25/h4-5,7-9,15H,2-3,6H2,1H3,(H,21,25)/t15-/m1/s1. The van der Waals surface area contributed by atoms with Gasteiger partial charge in [0, 0.05) is 25.9 Å². The molecule has 1 atom stereocenters. The van der Waals surface area contributed by atoms with Gasteiger partial charge in [-0.2, -0.15) is 4.98 Å². The van der Waals surface area contributed by atoms with Crippen molar-refractivity contribution in [3.05, 3.63) is 63.0 Å². The van der Waals surface area contributed by atoms with E-state index in [0.717, 1.165) is 18.4 Å². The largest absolute Gasteiger partial charge is 0.339 e. The number of likely N-dealkylation sites (tertiary alicyclic amines) is 1. The molecule has 4 rings (SSSR count). The van der Waals surface area contributed by atoms with Crippen LogP contribution in [0.3, 0.4) is 0 Å². The van der Waals surface area contributed by atoms with Crippen molar-refractivity contribution in [2.75, 3.05) is 6.54 Å². The Hall–Kier alpha value is -3.00. The second kappa shape index (κ2) is 6.96. The zero-order valence-electron chi connectivity index (χ0n) is 14.5. The van der Waals surface area contributed by atoms with E-state index in [1.807, 2.05) is 6.07 Å². The van der Waals surface area contributed by atoms with E-state index in [-0.39, 0.29) is 17.5 Å². The van der Waals surface area contributed by atoms with Crippen LogP contribution >= 0.6 is 11.6 Å². The van der Waals surface area contributed by atoms with E-state index in [1.54, 1.807) is 24.1 Å². The third-order valence-electron chi connectivity index (χ3n) is 4.54. The smallest absolute Gasteiger partial charge is 0.260 e. The molecule has 1 amide bonds. The highest BCUT2D eigenvalue weighted by Crippen LogP contribution is 2.33. The molecule has 0 aliphatic carbocycles. The maximum absolute atomic E-state index is 12.9. The van der Waals surface area contributed by atoms with Gasteiger partial charge in [0.1, 0.15) is 11.3 Å². The summed E-state index contributed by atoms with van der Waals surface area (Å²) in [4.78, 5) is 37.6. The Bertz CT molecular complexity index is 1040. The van der Waals surface area contributed by atoms with E-state index in [2.05, 4.69) is 20.1 Å². The van der Waals surface area contributed by atoms with Crippen molar-refractivity contribution in [3.8, 4) is 11.5 Å². The molecule has 1 N–H and O–H groups in total. The van der Waals surface area contributed by atoms with Crippen LogP contribution in [-0.2, 0) is 0 Å². The van der Waals surface area contributed by atoms with Crippen LogP contribution in [-0.4, -0.2) is 37.5 Å². The molecular weight excluding hydrogens is 370 g/mol. The van der Waals surface area contributed by atoms with Crippen molar-refractivity contribution in [3.63, 3.8) is 0 Å². The lowest BCUT2D eigenvalue weighted by molar-refractivity contribution is 0.0733. The minimum atomic E-state index is -0.448. The number of aryl methyl sites for hydroxylation is 1. The number of H-pyrrole nitrogens is 1. The van der Waals surface area contributed by atoms with Crippen LogP contribution in [0.2, 0.25) is 5.02 Å². The maximum atomic E-state index is 12.9. The Kier molecular flexibility index (Phi) is 4.49. The van der Waals surface area contributed by atoms with Crippen LogP contribution in [0.15, 0.2) is 39.9 Å². The van der Waals surface area contributed by atoms with Crippen LogP contribution in [0.1, 0.15) is 40.7 Å². The van der Waals surface area contributed by atoms with Crippen LogP contribution in [0.4, 0.5) is 0 Å². The lowest BCUT2D eigenvalue weighted by Gasteiger charge is -2.24. The normalized spacial score (nSPS) is 16.7. The summed E-state index contributed by atoms with van der Waals surface area (Å²) in [5, 5.41) is 4.17. The van der Waals surface area contributed by atoms with E-state index in [0.29, 0.717) is 29.0 Å². The van der Waals surface area contributed by atoms with Gasteiger partial charge in [-0.25, -0.2) is 0 Å². The van der Waals surface area contributed by atoms with Gasteiger partial charge in [-0.1, -0.05) is 22.8 Å². The van der Waals surface area contributed by atoms with Crippen LogP contribution in [0.5, 0.6) is 0 Å². The fraction of sp³-hybridized carbons (Fsp3) is 0.278. The number of nitrogens with one attached hydrogen (secondary N) is 1. The molecule has 0 unspecified atom stereocenters. The van der Waals surface area contributed by atoms with Crippen LogP contribution in [0.25, 0.3) is 11.5 Å². The molecule has 0 spiro atoms. The average molecular weight is 386 g/mol. The summed E-state index contributed by atoms with van der Waals surface area (Å²) in [6.07, 6.45) is 4.72. The molecule has 1 aliphatic heterocycles. The number of amides is 1. The molecule has 0 radical (unpaired) electrons. The van der Waals surface area contributed by atoms with E-state index < -0.39 is 5.56 Å². The van der Waals surface area contributed by atoms with Crippen molar-refractivity contribution in [2.45, 2.75) is 25.8 Å². The number of carbonyl (C=O) groups is 1. The number of aromatic amines is 1. The summed E-state index contributed by atoms with van der Waals surface area (Å²) in [6.45, 7) is 2.28. The van der Waals surface area contributed by atoms with Gasteiger partial charge in [0.05, 0.1) is 11.1 Å². The minimum Gasteiger partial charge on any atom is -0.339 e. The summed E-state index contributed by atoms with van der Waals surface area (Å²) < 4.78 is 4.97. The number of nitrogens with zero attached hydrogens (tertiary/aromatic N) is 4. The van der Waals surface area contributed by atoms with E-state index >= 15 is 0 Å². The number of carbonyl (C=O) groups excluding carboxylic acids is 1. The van der Waals surface area contributed by atoms with Crippen molar-refractivity contribution < 1.29 is 9.32 Å².